The number of benzene rings is 1. The normalized spacial score (nSPS) is 9.40. The summed E-state index contributed by atoms with van der Waals surface area (Å²) in [5.74, 6) is 5.84. The van der Waals surface area contributed by atoms with Crippen molar-refractivity contribution in [3.05, 3.63) is 47.8 Å². The zero-order chi connectivity index (χ0) is 14.2. The standard InChI is InChI=1S/C17H15N3/c1-2-3-5-15-12-19-17(20-13-15)16-9-7-14(8-10-16)6-4-11-18/h7-10,12-13H,2-3,5H2,1H3. The highest BCUT2D eigenvalue weighted by Crippen LogP contribution is 2.15. The second-order valence-electron chi connectivity index (χ2n) is 4.46. The van der Waals surface area contributed by atoms with Crippen molar-refractivity contribution in [1.29, 1.82) is 5.26 Å². The maximum atomic E-state index is 8.40. The van der Waals surface area contributed by atoms with Gasteiger partial charge in [-0.2, -0.15) is 5.26 Å². The second-order valence-corrected chi connectivity index (χ2v) is 4.46. The molecule has 3 nitrogen and oxygen atoms in total. The molecule has 0 aliphatic rings. The van der Waals surface area contributed by atoms with Crippen LogP contribution in [0.5, 0.6) is 0 Å². The Labute approximate surface area is 119 Å². The van der Waals surface area contributed by atoms with Crippen LogP contribution in [-0.4, -0.2) is 9.97 Å². The summed E-state index contributed by atoms with van der Waals surface area (Å²) in [7, 11) is 0. The average Bonchev–Trinajstić information content (AvgIpc) is 2.52. The van der Waals surface area contributed by atoms with Crippen molar-refractivity contribution >= 4 is 0 Å². The molecule has 0 atom stereocenters. The van der Waals surface area contributed by atoms with Crippen molar-refractivity contribution in [3.8, 4) is 29.3 Å². The van der Waals surface area contributed by atoms with Gasteiger partial charge in [-0.15, -0.1) is 0 Å². The van der Waals surface area contributed by atoms with E-state index in [1.165, 1.54) is 12.0 Å². The van der Waals surface area contributed by atoms with E-state index in [0.717, 1.165) is 24.0 Å². The Morgan fingerprint density at radius 1 is 1.10 bits per heavy atom. The van der Waals surface area contributed by atoms with Crippen LogP contribution in [0.1, 0.15) is 30.9 Å². The third kappa shape index (κ3) is 3.67. The van der Waals surface area contributed by atoms with Crippen LogP contribution in [0.25, 0.3) is 11.4 Å². The van der Waals surface area contributed by atoms with Gasteiger partial charge in [0.1, 0.15) is 0 Å². The average molecular weight is 261 g/mol. The fraction of sp³-hybridized carbons (Fsp3) is 0.235. The Morgan fingerprint density at radius 2 is 1.80 bits per heavy atom. The summed E-state index contributed by atoms with van der Waals surface area (Å²) < 4.78 is 0. The number of hydrogen-bond donors (Lipinski definition) is 0. The smallest absolute Gasteiger partial charge is 0.159 e. The summed E-state index contributed by atoms with van der Waals surface area (Å²) >= 11 is 0. The van der Waals surface area contributed by atoms with Crippen molar-refractivity contribution in [2.75, 3.05) is 0 Å². The van der Waals surface area contributed by atoms with Gasteiger partial charge in [-0.3, -0.25) is 0 Å². The SMILES string of the molecule is CCCCc1cnc(-c2ccc(C#CC#N)cc2)nc1. The lowest BCUT2D eigenvalue weighted by Gasteiger charge is -2.02. The lowest BCUT2D eigenvalue weighted by molar-refractivity contribution is 0.788. The first-order valence-electron chi connectivity index (χ1n) is 6.65. The van der Waals surface area contributed by atoms with Gasteiger partial charge >= 0.3 is 0 Å². The largest absolute Gasteiger partial charge is 0.236 e. The minimum atomic E-state index is 0.713. The molecule has 0 aliphatic carbocycles. The Kier molecular flexibility index (Phi) is 4.87. The summed E-state index contributed by atoms with van der Waals surface area (Å²) in [5.41, 5.74) is 2.94. The van der Waals surface area contributed by atoms with Gasteiger partial charge in [0, 0.05) is 29.4 Å². The van der Waals surface area contributed by atoms with E-state index in [-0.39, 0.29) is 0 Å². The lowest BCUT2D eigenvalue weighted by atomic mass is 10.1. The van der Waals surface area contributed by atoms with Crippen molar-refractivity contribution in [2.24, 2.45) is 0 Å². The number of nitrogens with zero attached hydrogens (tertiary/aromatic N) is 3. The molecule has 1 heterocycles. The van der Waals surface area contributed by atoms with Crippen LogP contribution in [-0.2, 0) is 6.42 Å². The molecule has 0 radical (unpaired) electrons. The van der Waals surface area contributed by atoms with E-state index in [9.17, 15) is 0 Å². The lowest BCUT2D eigenvalue weighted by Crippen LogP contribution is -1.92. The molecule has 0 bridgehead atoms. The zero-order valence-electron chi connectivity index (χ0n) is 11.4. The summed E-state index contributed by atoms with van der Waals surface area (Å²) in [4.78, 5) is 8.79. The monoisotopic (exact) mass is 261 g/mol. The van der Waals surface area contributed by atoms with Crippen LogP contribution >= 0.6 is 0 Å². The van der Waals surface area contributed by atoms with Gasteiger partial charge in [0.05, 0.1) is 0 Å². The van der Waals surface area contributed by atoms with Crippen molar-refractivity contribution < 1.29 is 0 Å². The van der Waals surface area contributed by atoms with E-state index < -0.39 is 0 Å². The fourth-order valence-corrected chi connectivity index (χ4v) is 1.82. The van der Waals surface area contributed by atoms with Gasteiger partial charge in [0.2, 0.25) is 0 Å². The Bertz CT molecular complexity index is 653. The molecule has 0 unspecified atom stereocenters. The first-order valence-corrected chi connectivity index (χ1v) is 6.65. The predicted octanol–water partition coefficient (Wildman–Crippen LogP) is 3.36. The molecule has 0 amide bonds. The van der Waals surface area contributed by atoms with Gasteiger partial charge in [0.25, 0.3) is 0 Å². The molecule has 0 saturated carbocycles. The molecule has 0 N–H and O–H groups in total. The number of aromatic nitrogens is 2. The number of unbranched alkanes of at least 4 members (excludes halogenated alkanes) is 1. The summed E-state index contributed by atoms with van der Waals surface area (Å²) in [6.07, 6.45) is 7.14. The minimum Gasteiger partial charge on any atom is -0.236 e. The van der Waals surface area contributed by atoms with E-state index in [4.69, 9.17) is 5.26 Å². The van der Waals surface area contributed by atoms with E-state index >= 15 is 0 Å². The summed E-state index contributed by atoms with van der Waals surface area (Å²) in [6.45, 7) is 2.17. The Balaban J connectivity index is 2.13. The van der Waals surface area contributed by atoms with Gasteiger partial charge in [-0.25, -0.2) is 9.97 Å². The number of rotatable bonds is 4. The Morgan fingerprint density at radius 3 is 2.40 bits per heavy atom. The highest BCUT2D eigenvalue weighted by molar-refractivity contribution is 5.56. The van der Waals surface area contributed by atoms with E-state index in [1.807, 2.05) is 36.7 Å². The second kappa shape index (κ2) is 7.07. The topological polar surface area (TPSA) is 49.6 Å². The number of aryl methyl sites for hydroxylation is 1. The number of nitriles is 1. The van der Waals surface area contributed by atoms with E-state index in [1.54, 1.807) is 6.07 Å². The van der Waals surface area contributed by atoms with Crippen molar-refractivity contribution in [3.63, 3.8) is 0 Å². The quantitative estimate of drug-likeness (QED) is 0.793. The molecular formula is C17H15N3. The predicted molar refractivity (Wildman–Crippen MR) is 78.6 cm³/mol. The summed E-state index contributed by atoms with van der Waals surface area (Å²) in [6, 6.07) is 9.38. The molecule has 0 aliphatic heterocycles. The van der Waals surface area contributed by atoms with E-state index in [0.29, 0.717) is 5.82 Å². The van der Waals surface area contributed by atoms with Crippen molar-refractivity contribution in [1.82, 2.24) is 9.97 Å². The van der Waals surface area contributed by atoms with Crippen molar-refractivity contribution in [2.45, 2.75) is 26.2 Å². The van der Waals surface area contributed by atoms with Gasteiger partial charge < -0.3 is 0 Å². The van der Waals surface area contributed by atoms with Gasteiger partial charge in [-0.05, 0) is 42.7 Å². The maximum Gasteiger partial charge on any atom is 0.159 e. The maximum absolute atomic E-state index is 8.40. The van der Waals surface area contributed by atoms with Crippen LogP contribution in [0.2, 0.25) is 0 Å². The van der Waals surface area contributed by atoms with Crippen LogP contribution in [0.15, 0.2) is 36.7 Å². The van der Waals surface area contributed by atoms with E-state index in [2.05, 4.69) is 28.7 Å². The molecular weight excluding hydrogens is 246 g/mol. The summed E-state index contributed by atoms with van der Waals surface area (Å²) in [5, 5.41) is 8.40. The molecule has 0 saturated heterocycles. The zero-order valence-corrected chi connectivity index (χ0v) is 11.4. The first-order chi connectivity index (χ1) is 9.83. The molecule has 2 aromatic rings. The first kappa shape index (κ1) is 13.8. The molecule has 1 aromatic heterocycles. The third-order valence-electron chi connectivity index (χ3n) is 2.93. The third-order valence-corrected chi connectivity index (χ3v) is 2.93. The van der Waals surface area contributed by atoms with Crippen LogP contribution in [0.3, 0.4) is 0 Å². The molecule has 98 valence electrons. The fourth-order valence-electron chi connectivity index (χ4n) is 1.82. The highest BCUT2D eigenvalue weighted by atomic mass is 14.9. The minimum absolute atomic E-state index is 0.713. The van der Waals surface area contributed by atoms with Crippen LogP contribution in [0, 0.1) is 23.2 Å². The molecule has 3 heteroatoms. The Hall–Kier alpha value is -2.65. The highest BCUT2D eigenvalue weighted by Gasteiger charge is 2.01. The van der Waals surface area contributed by atoms with Crippen LogP contribution < -0.4 is 0 Å². The number of hydrogen-bond acceptors (Lipinski definition) is 3. The molecule has 1 aromatic carbocycles. The van der Waals surface area contributed by atoms with Gasteiger partial charge in [-0.1, -0.05) is 19.3 Å². The molecule has 2 rings (SSSR count). The molecule has 0 fully saturated rings. The van der Waals surface area contributed by atoms with Gasteiger partial charge in [0.15, 0.2) is 11.9 Å². The van der Waals surface area contributed by atoms with Crippen LogP contribution in [0.4, 0.5) is 0 Å². The molecule has 20 heavy (non-hydrogen) atoms. The molecule has 0 spiro atoms.